The van der Waals surface area contributed by atoms with Gasteiger partial charge in [0.25, 0.3) is 5.69 Å². The molecule has 6 heteroatoms. The molecule has 0 aromatic heterocycles. The molecule has 0 fully saturated rings. The van der Waals surface area contributed by atoms with E-state index in [2.05, 4.69) is 5.32 Å². The SMILES string of the molecule is O=[N+]([O-])c1cc(Cl)ccc1NCCCCCO. The Morgan fingerprint density at radius 3 is 2.76 bits per heavy atom. The number of hydrogen-bond donors (Lipinski definition) is 2. The number of halogens is 1. The second kappa shape index (κ2) is 7.09. The summed E-state index contributed by atoms with van der Waals surface area (Å²) in [7, 11) is 0. The molecule has 1 aromatic rings. The maximum Gasteiger partial charge on any atom is 0.293 e. The van der Waals surface area contributed by atoms with Crippen LogP contribution in [0.2, 0.25) is 5.02 Å². The zero-order chi connectivity index (χ0) is 12.7. The number of anilines is 1. The van der Waals surface area contributed by atoms with Crippen LogP contribution in [0.4, 0.5) is 11.4 Å². The molecule has 2 N–H and O–H groups in total. The van der Waals surface area contributed by atoms with Crippen molar-refractivity contribution >= 4 is 23.0 Å². The minimum absolute atomic E-state index is 0.0142. The number of unbranched alkanes of at least 4 members (excludes halogenated alkanes) is 2. The number of nitro groups is 1. The lowest BCUT2D eigenvalue weighted by molar-refractivity contribution is -0.383. The molecule has 1 rings (SSSR count). The zero-order valence-electron chi connectivity index (χ0n) is 9.36. The standard InChI is InChI=1S/C11H15ClN2O3/c12-9-4-5-10(11(8-9)14(16)17)13-6-2-1-3-7-15/h4-5,8,13,15H,1-3,6-7H2. The normalized spacial score (nSPS) is 10.2. The Morgan fingerprint density at radius 1 is 1.35 bits per heavy atom. The van der Waals surface area contributed by atoms with Crippen molar-refractivity contribution in [3.63, 3.8) is 0 Å². The Kier molecular flexibility index (Phi) is 5.72. The molecule has 0 aliphatic heterocycles. The first-order valence-corrected chi connectivity index (χ1v) is 5.81. The predicted octanol–water partition coefficient (Wildman–Crippen LogP) is 2.82. The van der Waals surface area contributed by atoms with Crippen molar-refractivity contribution in [2.24, 2.45) is 0 Å². The largest absolute Gasteiger partial charge is 0.396 e. The second-order valence-corrected chi connectivity index (χ2v) is 4.07. The smallest absolute Gasteiger partial charge is 0.293 e. The summed E-state index contributed by atoms with van der Waals surface area (Å²) in [4.78, 5) is 10.3. The minimum Gasteiger partial charge on any atom is -0.396 e. The van der Waals surface area contributed by atoms with E-state index in [9.17, 15) is 10.1 Å². The molecule has 94 valence electrons. The van der Waals surface area contributed by atoms with Crippen LogP contribution in [0.15, 0.2) is 18.2 Å². The molecule has 1 aromatic carbocycles. The molecular formula is C11H15ClN2O3. The van der Waals surface area contributed by atoms with E-state index in [1.165, 1.54) is 6.07 Å². The highest BCUT2D eigenvalue weighted by Crippen LogP contribution is 2.27. The van der Waals surface area contributed by atoms with Gasteiger partial charge in [0.05, 0.1) is 4.92 Å². The molecule has 0 unspecified atom stereocenters. The quantitative estimate of drug-likeness (QED) is 0.448. The lowest BCUT2D eigenvalue weighted by Gasteiger charge is -2.06. The fourth-order valence-electron chi connectivity index (χ4n) is 1.44. The van der Waals surface area contributed by atoms with Crippen molar-refractivity contribution in [3.05, 3.63) is 33.3 Å². The maximum absolute atomic E-state index is 10.8. The first-order valence-electron chi connectivity index (χ1n) is 5.44. The third-order valence-corrected chi connectivity index (χ3v) is 2.54. The molecular weight excluding hydrogens is 244 g/mol. The van der Waals surface area contributed by atoms with E-state index in [-0.39, 0.29) is 12.3 Å². The van der Waals surface area contributed by atoms with Gasteiger partial charge in [-0.2, -0.15) is 0 Å². The van der Waals surface area contributed by atoms with Gasteiger partial charge in [-0.05, 0) is 31.4 Å². The van der Waals surface area contributed by atoms with Crippen molar-refractivity contribution in [2.75, 3.05) is 18.5 Å². The van der Waals surface area contributed by atoms with Crippen molar-refractivity contribution in [1.82, 2.24) is 0 Å². The molecule has 0 atom stereocenters. The van der Waals surface area contributed by atoms with Gasteiger partial charge in [-0.25, -0.2) is 0 Å². The average Bonchev–Trinajstić information content (AvgIpc) is 2.30. The van der Waals surface area contributed by atoms with Gasteiger partial charge >= 0.3 is 0 Å². The molecule has 0 spiro atoms. The van der Waals surface area contributed by atoms with Crippen LogP contribution >= 0.6 is 11.6 Å². The van der Waals surface area contributed by atoms with Crippen LogP contribution in [0, 0.1) is 10.1 Å². The van der Waals surface area contributed by atoms with E-state index >= 15 is 0 Å². The van der Waals surface area contributed by atoms with Crippen LogP contribution in [0.25, 0.3) is 0 Å². The van der Waals surface area contributed by atoms with Gasteiger partial charge in [-0.3, -0.25) is 10.1 Å². The summed E-state index contributed by atoms with van der Waals surface area (Å²) in [5, 5.41) is 22.7. The van der Waals surface area contributed by atoms with E-state index < -0.39 is 4.92 Å². The number of aliphatic hydroxyl groups is 1. The molecule has 0 heterocycles. The molecule has 0 radical (unpaired) electrons. The van der Waals surface area contributed by atoms with Gasteiger partial charge in [0, 0.05) is 24.2 Å². The molecule has 17 heavy (non-hydrogen) atoms. The number of nitrogens with zero attached hydrogens (tertiary/aromatic N) is 1. The van der Waals surface area contributed by atoms with Crippen molar-refractivity contribution < 1.29 is 10.0 Å². The first kappa shape index (κ1) is 13.7. The number of benzene rings is 1. The second-order valence-electron chi connectivity index (χ2n) is 3.63. The number of nitro benzene ring substituents is 1. The summed E-state index contributed by atoms with van der Waals surface area (Å²) in [5.41, 5.74) is 0.461. The van der Waals surface area contributed by atoms with Gasteiger partial charge in [-0.1, -0.05) is 11.6 Å². The number of nitrogens with one attached hydrogen (secondary N) is 1. The van der Waals surface area contributed by atoms with Gasteiger partial charge in [0.1, 0.15) is 5.69 Å². The summed E-state index contributed by atoms with van der Waals surface area (Å²) in [6.07, 6.45) is 2.51. The van der Waals surface area contributed by atoms with E-state index in [4.69, 9.17) is 16.7 Å². The number of rotatable bonds is 7. The number of aliphatic hydroxyl groups excluding tert-OH is 1. The van der Waals surface area contributed by atoms with Crippen molar-refractivity contribution in [3.8, 4) is 0 Å². The molecule has 5 nitrogen and oxygen atoms in total. The third-order valence-electron chi connectivity index (χ3n) is 2.31. The Hall–Kier alpha value is -1.33. The summed E-state index contributed by atoms with van der Waals surface area (Å²) in [5.74, 6) is 0. The Bertz CT molecular complexity index is 385. The Labute approximate surface area is 105 Å². The highest BCUT2D eigenvalue weighted by Gasteiger charge is 2.13. The lowest BCUT2D eigenvalue weighted by atomic mass is 10.2. The minimum atomic E-state index is -0.456. The number of hydrogen-bond acceptors (Lipinski definition) is 4. The third kappa shape index (κ3) is 4.58. The topological polar surface area (TPSA) is 75.4 Å². The maximum atomic E-state index is 10.8. The van der Waals surface area contributed by atoms with Gasteiger partial charge < -0.3 is 10.4 Å². The van der Waals surface area contributed by atoms with Crippen LogP contribution in [0.5, 0.6) is 0 Å². The molecule has 0 aliphatic rings. The summed E-state index contributed by atoms with van der Waals surface area (Å²) < 4.78 is 0. The van der Waals surface area contributed by atoms with E-state index in [1.54, 1.807) is 12.1 Å². The first-order chi connectivity index (χ1) is 8.15. The lowest BCUT2D eigenvalue weighted by Crippen LogP contribution is -2.04. The summed E-state index contributed by atoms with van der Waals surface area (Å²) in [6.45, 7) is 0.823. The van der Waals surface area contributed by atoms with Crippen LogP contribution in [-0.2, 0) is 0 Å². The van der Waals surface area contributed by atoms with E-state index in [1.807, 2.05) is 0 Å². The van der Waals surface area contributed by atoms with Crippen LogP contribution in [-0.4, -0.2) is 23.2 Å². The molecule has 0 aliphatic carbocycles. The molecule has 0 amide bonds. The van der Waals surface area contributed by atoms with E-state index in [0.717, 1.165) is 19.3 Å². The molecule has 0 saturated carbocycles. The highest BCUT2D eigenvalue weighted by molar-refractivity contribution is 6.30. The fraction of sp³-hybridized carbons (Fsp3) is 0.455. The predicted molar refractivity (Wildman–Crippen MR) is 67.5 cm³/mol. The average molecular weight is 259 g/mol. The van der Waals surface area contributed by atoms with Gasteiger partial charge in [-0.15, -0.1) is 0 Å². The fourth-order valence-corrected chi connectivity index (χ4v) is 1.61. The van der Waals surface area contributed by atoms with Crippen LogP contribution in [0.1, 0.15) is 19.3 Å². The van der Waals surface area contributed by atoms with Crippen molar-refractivity contribution in [1.29, 1.82) is 0 Å². The summed E-state index contributed by atoms with van der Waals surface area (Å²) in [6, 6.07) is 4.55. The Morgan fingerprint density at radius 2 is 2.12 bits per heavy atom. The monoisotopic (exact) mass is 258 g/mol. The molecule has 0 bridgehead atoms. The highest BCUT2D eigenvalue weighted by atomic mass is 35.5. The van der Waals surface area contributed by atoms with Crippen LogP contribution < -0.4 is 5.32 Å². The van der Waals surface area contributed by atoms with Crippen LogP contribution in [0.3, 0.4) is 0 Å². The van der Waals surface area contributed by atoms with E-state index in [0.29, 0.717) is 17.3 Å². The zero-order valence-corrected chi connectivity index (χ0v) is 10.1. The summed E-state index contributed by atoms with van der Waals surface area (Å²) >= 11 is 5.70. The van der Waals surface area contributed by atoms with Crippen molar-refractivity contribution in [2.45, 2.75) is 19.3 Å². The van der Waals surface area contributed by atoms with Gasteiger partial charge in [0.2, 0.25) is 0 Å². The molecule has 0 saturated heterocycles. The Balaban J connectivity index is 2.55. The van der Waals surface area contributed by atoms with Gasteiger partial charge in [0.15, 0.2) is 0 Å².